The highest BCUT2D eigenvalue weighted by molar-refractivity contribution is 6.30. The van der Waals surface area contributed by atoms with Crippen molar-refractivity contribution in [2.24, 2.45) is 0 Å². The molecule has 0 bridgehead atoms. The van der Waals surface area contributed by atoms with E-state index in [9.17, 15) is 4.79 Å². The molecule has 1 aromatic carbocycles. The Hall–Kier alpha value is -1.94. The van der Waals surface area contributed by atoms with Gasteiger partial charge >= 0.3 is 5.97 Å². The van der Waals surface area contributed by atoms with Gasteiger partial charge < -0.3 is 5.11 Å². The topological polar surface area (TPSA) is 63.1 Å². The van der Waals surface area contributed by atoms with Crippen LogP contribution < -0.4 is 0 Å². The summed E-state index contributed by atoms with van der Waals surface area (Å²) in [5.74, 6) is -0.179. The zero-order valence-corrected chi connectivity index (χ0v) is 12.1. The molecule has 0 radical (unpaired) electrons. The Balaban J connectivity index is 2.26. The van der Waals surface area contributed by atoms with Gasteiger partial charge in [-0.2, -0.15) is 0 Å². The first kappa shape index (κ1) is 14.5. The van der Waals surface area contributed by atoms with Crippen molar-refractivity contribution in [2.45, 2.75) is 26.7 Å². The number of carbonyl (C=O) groups is 1. The molecule has 0 unspecified atom stereocenters. The highest BCUT2D eigenvalue weighted by Gasteiger charge is 2.12. The lowest BCUT2D eigenvalue weighted by molar-refractivity contribution is -0.136. The third kappa shape index (κ3) is 3.54. The van der Waals surface area contributed by atoms with Crippen LogP contribution in [-0.2, 0) is 17.6 Å². The van der Waals surface area contributed by atoms with Crippen LogP contribution >= 0.6 is 11.6 Å². The number of hydrogen-bond donors (Lipinski definition) is 1. The minimum Gasteiger partial charge on any atom is -0.481 e. The number of carboxylic acids is 1. The molecule has 2 rings (SSSR count). The summed E-state index contributed by atoms with van der Waals surface area (Å²) >= 11 is 5.85. The average molecular weight is 291 g/mol. The number of aryl methyl sites for hydroxylation is 2. The lowest BCUT2D eigenvalue weighted by Crippen LogP contribution is -2.10. The van der Waals surface area contributed by atoms with Crippen LogP contribution in [0, 0.1) is 13.8 Å². The summed E-state index contributed by atoms with van der Waals surface area (Å²) in [6, 6.07) is 7.52. The summed E-state index contributed by atoms with van der Waals surface area (Å²) in [5, 5.41) is 9.57. The zero-order valence-electron chi connectivity index (χ0n) is 11.4. The molecule has 0 saturated heterocycles. The summed E-state index contributed by atoms with van der Waals surface area (Å²) in [4.78, 5) is 19.6. The van der Waals surface area contributed by atoms with Crippen LogP contribution in [0.25, 0.3) is 0 Å². The van der Waals surface area contributed by atoms with E-state index < -0.39 is 5.97 Å². The maximum Gasteiger partial charge on any atom is 0.307 e. The standard InChI is InChI=1S/C15H15ClN2O2/c1-9-13(8-15(19)20)10(2)18-14(17-9)7-11-3-5-12(16)6-4-11/h3-6H,7-8H2,1-2H3,(H,19,20). The summed E-state index contributed by atoms with van der Waals surface area (Å²) in [6.45, 7) is 3.64. The molecule has 0 fully saturated rings. The fraction of sp³-hybridized carbons (Fsp3) is 0.267. The van der Waals surface area contributed by atoms with E-state index in [0.29, 0.717) is 22.8 Å². The average Bonchev–Trinajstić information content (AvgIpc) is 2.36. The Kier molecular flexibility index (Phi) is 4.35. The van der Waals surface area contributed by atoms with Gasteiger partial charge in [-0.15, -0.1) is 0 Å². The molecule has 1 aromatic heterocycles. The number of benzene rings is 1. The van der Waals surface area contributed by atoms with Gasteiger partial charge in [0.2, 0.25) is 0 Å². The first-order chi connectivity index (χ1) is 9.45. The van der Waals surface area contributed by atoms with Gasteiger partial charge in [0.15, 0.2) is 0 Å². The van der Waals surface area contributed by atoms with E-state index in [-0.39, 0.29) is 6.42 Å². The molecule has 0 saturated carbocycles. The molecule has 4 nitrogen and oxygen atoms in total. The summed E-state index contributed by atoms with van der Waals surface area (Å²) < 4.78 is 0. The molecule has 104 valence electrons. The van der Waals surface area contributed by atoms with Crippen LogP contribution in [0.15, 0.2) is 24.3 Å². The van der Waals surface area contributed by atoms with Gasteiger partial charge in [-0.25, -0.2) is 9.97 Å². The van der Waals surface area contributed by atoms with E-state index in [1.54, 1.807) is 0 Å². The fourth-order valence-electron chi connectivity index (χ4n) is 2.08. The molecule has 0 aliphatic rings. The Labute approximate surface area is 122 Å². The Bertz CT molecular complexity index is 616. The largest absolute Gasteiger partial charge is 0.481 e. The molecule has 0 aliphatic carbocycles. The van der Waals surface area contributed by atoms with Crippen molar-refractivity contribution in [2.75, 3.05) is 0 Å². The lowest BCUT2D eigenvalue weighted by atomic mass is 10.1. The number of halogens is 1. The first-order valence-corrected chi connectivity index (χ1v) is 6.62. The number of aliphatic carboxylic acids is 1. The van der Waals surface area contributed by atoms with Crippen LogP contribution in [0.1, 0.15) is 28.3 Å². The van der Waals surface area contributed by atoms with E-state index >= 15 is 0 Å². The monoisotopic (exact) mass is 290 g/mol. The number of hydrogen-bond acceptors (Lipinski definition) is 3. The Morgan fingerprint density at radius 2 is 1.70 bits per heavy atom. The Morgan fingerprint density at radius 1 is 1.15 bits per heavy atom. The van der Waals surface area contributed by atoms with E-state index in [0.717, 1.165) is 17.0 Å². The van der Waals surface area contributed by atoms with E-state index in [2.05, 4.69) is 9.97 Å². The maximum absolute atomic E-state index is 10.8. The number of rotatable bonds is 4. The highest BCUT2D eigenvalue weighted by Crippen LogP contribution is 2.15. The van der Waals surface area contributed by atoms with Gasteiger partial charge in [-0.05, 0) is 31.5 Å². The third-order valence-electron chi connectivity index (χ3n) is 3.07. The van der Waals surface area contributed by atoms with E-state index in [1.807, 2.05) is 38.1 Å². The predicted octanol–water partition coefficient (Wildman–Crippen LogP) is 2.96. The van der Waals surface area contributed by atoms with Crippen molar-refractivity contribution in [3.63, 3.8) is 0 Å². The predicted molar refractivity (Wildman–Crippen MR) is 77.1 cm³/mol. The second kappa shape index (κ2) is 6.01. The van der Waals surface area contributed by atoms with Crippen LogP contribution in [-0.4, -0.2) is 21.0 Å². The molecule has 0 atom stereocenters. The van der Waals surface area contributed by atoms with Crippen molar-refractivity contribution >= 4 is 17.6 Å². The normalized spacial score (nSPS) is 10.6. The van der Waals surface area contributed by atoms with Crippen LogP contribution in [0.5, 0.6) is 0 Å². The van der Waals surface area contributed by atoms with Gasteiger partial charge in [0.25, 0.3) is 0 Å². The zero-order chi connectivity index (χ0) is 14.7. The van der Waals surface area contributed by atoms with Crippen molar-refractivity contribution < 1.29 is 9.90 Å². The molecular formula is C15H15ClN2O2. The molecule has 1 N–H and O–H groups in total. The SMILES string of the molecule is Cc1nc(Cc2ccc(Cl)cc2)nc(C)c1CC(=O)O. The summed E-state index contributed by atoms with van der Waals surface area (Å²) in [6.07, 6.45) is 0.561. The maximum atomic E-state index is 10.8. The summed E-state index contributed by atoms with van der Waals surface area (Å²) in [5.41, 5.74) is 3.21. The van der Waals surface area contributed by atoms with Crippen molar-refractivity contribution in [1.29, 1.82) is 0 Å². The fourth-order valence-corrected chi connectivity index (χ4v) is 2.21. The molecule has 2 aromatic rings. The highest BCUT2D eigenvalue weighted by atomic mass is 35.5. The number of aromatic nitrogens is 2. The Morgan fingerprint density at radius 3 is 2.20 bits per heavy atom. The second-order valence-corrected chi connectivity index (χ2v) is 5.10. The van der Waals surface area contributed by atoms with Crippen LogP contribution in [0.4, 0.5) is 0 Å². The van der Waals surface area contributed by atoms with E-state index in [4.69, 9.17) is 16.7 Å². The van der Waals surface area contributed by atoms with Gasteiger partial charge in [-0.3, -0.25) is 4.79 Å². The molecule has 0 aliphatic heterocycles. The number of nitrogens with zero attached hydrogens (tertiary/aromatic N) is 2. The molecule has 0 spiro atoms. The van der Waals surface area contributed by atoms with Crippen LogP contribution in [0.2, 0.25) is 5.02 Å². The number of carboxylic acid groups (broad SMARTS) is 1. The summed E-state index contributed by atoms with van der Waals surface area (Å²) in [7, 11) is 0. The second-order valence-electron chi connectivity index (χ2n) is 4.66. The van der Waals surface area contributed by atoms with Gasteiger partial charge in [0, 0.05) is 28.4 Å². The van der Waals surface area contributed by atoms with Crippen molar-refractivity contribution in [3.05, 3.63) is 57.6 Å². The van der Waals surface area contributed by atoms with E-state index in [1.165, 1.54) is 0 Å². The lowest BCUT2D eigenvalue weighted by Gasteiger charge is -2.09. The minimum atomic E-state index is -0.870. The van der Waals surface area contributed by atoms with Crippen LogP contribution in [0.3, 0.4) is 0 Å². The van der Waals surface area contributed by atoms with Crippen molar-refractivity contribution in [1.82, 2.24) is 9.97 Å². The van der Waals surface area contributed by atoms with Gasteiger partial charge in [0.1, 0.15) is 5.82 Å². The molecule has 0 amide bonds. The smallest absolute Gasteiger partial charge is 0.307 e. The third-order valence-corrected chi connectivity index (χ3v) is 3.32. The van der Waals surface area contributed by atoms with Gasteiger partial charge in [-0.1, -0.05) is 23.7 Å². The van der Waals surface area contributed by atoms with Crippen molar-refractivity contribution in [3.8, 4) is 0 Å². The minimum absolute atomic E-state index is 0.0428. The molecule has 20 heavy (non-hydrogen) atoms. The molecule has 1 heterocycles. The quantitative estimate of drug-likeness (QED) is 0.940. The van der Waals surface area contributed by atoms with Gasteiger partial charge in [0.05, 0.1) is 6.42 Å². The molecular weight excluding hydrogens is 276 g/mol. The molecule has 5 heteroatoms. The first-order valence-electron chi connectivity index (χ1n) is 6.25.